The molecule has 98 valence electrons. The average molecular weight is 258 g/mol. The summed E-state index contributed by atoms with van der Waals surface area (Å²) in [6, 6.07) is 0. The number of rotatable bonds is 4. The molecule has 0 atom stereocenters. The minimum Gasteiger partial charge on any atom is -0.338 e. The molecule has 19 heavy (non-hydrogen) atoms. The van der Waals surface area contributed by atoms with Gasteiger partial charge in [-0.15, -0.1) is 0 Å². The maximum absolute atomic E-state index is 12.0. The normalized spacial score (nSPS) is 15.8. The van der Waals surface area contributed by atoms with Gasteiger partial charge in [-0.25, -0.2) is 4.98 Å². The van der Waals surface area contributed by atoms with Crippen molar-refractivity contribution in [2.75, 3.05) is 0 Å². The highest BCUT2D eigenvalue weighted by atomic mass is 16.5. The number of ketones is 1. The predicted octanol–water partition coefficient (Wildman–Crippen LogP) is 1.83. The van der Waals surface area contributed by atoms with E-state index in [9.17, 15) is 4.79 Å². The summed E-state index contributed by atoms with van der Waals surface area (Å²) >= 11 is 0. The van der Waals surface area contributed by atoms with E-state index in [-0.39, 0.29) is 18.1 Å². The highest BCUT2D eigenvalue weighted by Crippen LogP contribution is 2.26. The van der Waals surface area contributed by atoms with Gasteiger partial charge in [-0.05, 0) is 12.8 Å². The summed E-state index contributed by atoms with van der Waals surface area (Å²) in [4.78, 5) is 24.2. The van der Waals surface area contributed by atoms with Crippen LogP contribution in [0.1, 0.15) is 31.6 Å². The summed E-state index contributed by atoms with van der Waals surface area (Å²) in [6.07, 6.45) is 9.19. The first-order valence-electron chi connectivity index (χ1n) is 6.44. The van der Waals surface area contributed by atoms with Crippen molar-refractivity contribution in [3.8, 4) is 11.5 Å². The molecule has 0 bridgehead atoms. The standard InChI is InChI=1S/C13H14N4O2/c18-11(9-3-1-2-4-9)7-12-16-13(17-19-12)10-8-14-5-6-15-10/h5-6,8-9H,1-4,7H2. The van der Waals surface area contributed by atoms with E-state index in [1.54, 1.807) is 18.6 Å². The lowest BCUT2D eigenvalue weighted by molar-refractivity contribution is -0.122. The van der Waals surface area contributed by atoms with Crippen molar-refractivity contribution in [2.24, 2.45) is 5.92 Å². The summed E-state index contributed by atoms with van der Waals surface area (Å²) in [5.41, 5.74) is 0.547. The first-order valence-corrected chi connectivity index (χ1v) is 6.44. The number of carbonyl (C=O) groups excluding carboxylic acids is 1. The second kappa shape index (κ2) is 5.26. The molecule has 1 saturated carbocycles. The van der Waals surface area contributed by atoms with E-state index in [1.807, 2.05) is 0 Å². The van der Waals surface area contributed by atoms with Gasteiger partial charge in [0.15, 0.2) is 0 Å². The zero-order valence-electron chi connectivity index (χ0n) is 10.5. The second-order valence-electron chi connectivity index (χ2n) is 4.73. The fraction of sp³-hybridized carbons (Fsp3) is 0.462. The molecular weight excluding hydrogens is 244 g/mol. The summed E-state index contributed by atoms with van der Waals surface area (Å²) in [7, 11) is 0. The van der Waals surface area contributed by atoms with Gasteiger partial charge in [0, 0.05) is 18.3 Å². The fourth-order valence-corrected chi connectivity index (χ4v) is 2.39. The van der Waals surface area contributed by atoms with Crippen LogP contribution < -0.4 is 0 Å². The van der Waals surface area contributed by atoms with Gasteiger partial charge in [-0.1, -0.05) is 18.0 Å². The number of carbonyl (C=O) groups is 1. The van der Waals surface area contributed by atoms with Crippen LogP contribution in [-0.4, -0.2) is 25.9 Å². The van der Waals surface area contributed by atoms with Crippen LogP contribution in [0.5, 0.6) is 0 Å². The Labute approximate surface area is 110 Å². The van der Waals surface area contributed by atoms with E-state index < -0.39 is 0 Å². The number of hydrogen-bond acceptors (Lipinski definition) is 6. The Morgan fingerprint density at radius 3 is 2.89 bits per heavy atom. The minimum absolute atomic E-state index is 0.173. The molecular formula is C13H14N4O2. The van der Waals surface area contributed by atoms with E-state index >= 15 is 0 Å². The van der Waals surface area contributed by atoms with Crippen LogP contribution in [0.2, 0.25) is 0 Å². The van der Waals surface area contributed by atoms with Gasteiger partial charge < -0.3 is 4.52 Å². The lowest BCUT2D eigenvalue weighted by atomic mass is 10.0. The van der Waals surface area contributed by atoms with Gasteiger partial charge in [-0.2, -0.15) is 4.98 Å². The molecule has 0 saturated heterocycles. The molecule has 2 heterocycles. The Morgan fingerprint density at radius 2 is 2.16 bits per heavy atom. The Hall–Kier alpha value is -2.11. The van der Waals surface area contributed by atoms with Gasteiger partial charge in [0.2, 0.25) is 11.7 Å². The fourth-order valence-electron chi connectivity index (χ4n) is 2.39. The maximum Gasteiger partial charge on any atom is 0.234 e. The topological polar surface area (TPSA) is 81.8 Å². The number of Topliss-reactive ketones (excluding diaryl/α,β-unsaturated/α-hetero) is 1. The van der Waals surface area contributed by atoms with Crippen molar-refractivity contribution in [1.82, 2.24) is 20.1 Å². The van der Waals surface area contributed by atoms with E-state index in [4.69, 9.17) is 4.52 Å². The SMILES string of the molecule is O=C(Cc1nc(-c2cnccn2)no1)C1CCCC1. The molecule has 0 amide bonds. The Balaban J connectivity index is 1.70. The monoisotopic (exact) mass is 258 g/mol. The Morgan fingerprint density at radius 1 is 1.32 bits per heavy atom. The van der Waals surface area contributed by atoms with Gasteiger partial charge >= 0.3 is 0 Å². The first-order chi connectivity index (χ1) is 9.33. The minimum atomic E-state index is 0.173. The average Bonchev–Trinajstić information content (AvgIpc) is 3.11. The molecule has 6 nitrogen and oxygen atoms in total. The molecule has 2 aromatic heterocycles. The third kappa shape index (κ3) is 2.67. The van der Waals surface area contributed by atoms with E-state index in [2.05, 4.69) is 20.1 Å². The number of nitrogens with zero attached hydrogens (tertiary/aromatic N) is 4. The lowest BCUT2D eigenvalue weighted by Crippen LogP contribution is -2.13. The van der Waals surface area contributed by atoms with Gasteiger partial charge in [0.05, 0.1) is 12.6 Å². The van der Waals surface area contributed by atoms with Gasteiger partial charge in [0.25, 0.3) is 0 Å². The molecule has 1 fully saturated rings. The van der Waals surface area contributed by atoms with Crippen molar-refractivity contribution < 1.29 is 9.32 Å². The number of aromatic nitrogens is 4. The molecule has 0 radical (unpaired) electrons. The largest absolute Gasteiger partial charge is 0.338 e. The predicted molar refractivity (Wildman–Crippen MR) is 66.0 cm³/mol. The van der Waals surface area contributed by atoms with Crippen LogP contribution in [-0.2, 0) is 11.2 Å². The van der Waals surface area contributed by atoms with E-state index in [1.165, 1.54) is 0 Å². The molecule has 0 unspecified atom stereocenters. The third-order valence-corrected chi connectivity index (χ3v) is 3.40. The molecule has 0 aromatic carbocycles. The van der Waals surface area contributed by atoms with Crippen LogP contribution in [0.4, 0.5) is 0 Å². The van der Waals surface area contributed by atoms with Gasteiger partial charge in [-0.3, -0.25) is 9.78 Å². The van der Waals surface area contributed by atoms with Crippen LogP contribution in [0.3, 0.4) is 0 Å². The smallest absolute Gasteiger partial charge is 0.234 e. The Kier molecular flexibility index (Phi) is 3.31. The zero-order valence-corrected chi connectivity index (χ0v) is 10.5. The molecule has 1 aliphatic rings. The van der Waals surface area contributed by atoms with Gasteiger partial charge in [0.1, 0.15) is 11.5 Å². The summed E-state index contributed by atoms with van der Waals surface area (Å²) in [5.74, 6) is 1.11. The summed E-state index contributed by atoms with van der Waals surface area (Å²) < 4.78 is 5.10. The van der Waals surface area contributed by atoms with Crippen molar-refractivity contribution >= 4 is 5.78 Å². The van der Waals surface area contributed by atoms with Crippen molar-refractivity contribution in [3.63, 3.8) is 0 Å². The van der Waals surface area contributed by atoms with Crippen molar-refractivity contribution in [3.05, 3.63) is 24.5 Å². The van der Waals surface area contributed by atoms with E-state index in [0.29, 0.717) is 17.4 Å². The molecule has 2 aromatic rings. The highest BCUT2D eigenvalue weighted by Gasteiger charge is 2.24. The molecule has 3 rings (SSSR count). The second-order valence-corrected chi connectivity index (χ2v) is 4.73. The number of hydrogen-bond donors (Lipinski definition) is 0. The van der Waals surface area contributed by atoms with Crippen molar-refractivity contribution in [1.29, 1.82) is 0 Å². The van der Waals surface area contributed by atoms with E-state index in [0.717, 1.165) is 25.7 Å². The zero-order chi connectivity index (χ0) is 13.1. The Bertz CT molecular complexity index is 561. The van der Waals surface area contributed by atoms with Crippen LogP contribution >= 0.6 is 0 Å². The third-order valence-electron chi connectivity index (χ3n) is 3.40. The van der Waals surface area contributed by atoms with Crippen LogP contribution in [0.15, 0.2) is 23.1 Å². The quantitative estimate of drug-likeness (QED) is 0.832. The first kappa shape index (κ1) is 12.0. The lowest BCUT2D eigenvalue weighted by Gasteiger charge is -2.04. The molecule has 1 aliphatic carbocycles. The summed E-state index contributed by atoms with van der Waals surface area (Å²) in [6.45, 7) is 0. The maximum atomic E-state index is 12.0. The molecule has 0 N–H and O–H groups in total. The molecule has 6 heteroatoms. The molecule has 0 aliphatic heterocycles. The molecule has 0 spiro atoms. The van der Waals surface area contributed by atoms with Crippen LogP contribution in [0.25, 0.3) is 11.5 Å². The van der Waals surface area contributed by atoms with Crippen LogP contribution in [0, 0.1) is 5.92 Å². The van der Waals surface area contributed by atoms with Crippen molar-refractivity contribution in [2.45, 2.75) is 32.1 Å². The summed E-state index contributed by atoms with van der Waals surface area (Å²) in [5, 5.41) is 3.83. The highest BCUT2D eigenvalue weighted by molar-refractivity contribution is 5.82.